The van der Waals surface area contributed by atoms with Crippen molar-refractivity contribution in [2.45, 2.75) is 19.4 Å². The molecule has 14 heavy (non-hydrogen) atoms. The zero-order valence-corrected chi connectivity index (χ0v) is 8.67. The zero-order chi connectivity index (χ0) is 9.54. The molecule has 1 saturated carbocycles. The van der Waals surface area contributed by atoms with Crippen LogP contribution in [0.5, 0.6) is 0 Å². The molecule has 1 aromatic carbocycles. The van der Waals surface area contributed by atoms with Gasteiger partial charge in [0.15, 0.2) is 0 Å². The first-order valence-electron chi connectivity index (χ1n) is 5.08. The number of aromatic nitrogens is 1. The van der Waals surface area contributed by atoms with Gasteiger partial charge >= 0.3 is 0 Å². The van der Waals surface area contributed by atoms with Gasteiger partial charge in [0.2, 0.25) is 0 Å². The van der Waals surface area contributed by atoms with Crippen molar-refractivity contribution in [3.63, 3.8) is 0 Å². The number of nitrogens with zero attached hydrogens (tertiary/aromatic N) is 1. The highest BCUT2D eigenvalue weighted by Gasteiger charge is 2.22. The molecule has 0 saturated heterocycles. The van der Waals surface area contributed by atoms with Gasteiger partial charge in [-0.2, -0.15) is 0 Å². The first-order chi connectivity index (χ1) is 6.84. The molecule has 2 aromatic rings. The maximum atomic E-state index is 6.11. The maximum absolute atomic E-state index is 6.11. The Morgan fingerprint density at radius 3 is 2.93 bits per heavy atom. The Balaban J connectivity index is 2.10. The molecule has 1 heterocycles. The molecule has 1 aliphatic carbocycles. The standard InChI is InChI=1S/C12H12ClN/c13-11-2-1-3-12-10(11)6-7-14(12)8-9-4-5-9/h1-3,6-7,9H,4-5,8H2. The predicted octanol–water partition coefficient (Wildman–Crippen LogP) is 3.70. The first-order valence-corrected chi connectivity index (χ1v) is 5.46. The van der Waals surface area contributed by atoms with Gasteiger partial charge in [-0.25, -0.2) is 0 Å². The molecule has 0 bridgehead atoms. The topological polar surface area (TPSA) is 4.93 Å². The van der Waals surface area contributed by atoms with E-state index in [1.54, 1.807) is 0 Å². The number of benzene rings is 1. The SMILES string of the molecule is Clc1cccc2c1ccn2CC1CC1. The minimum absolute atomic E-state index is 0.858. The first kappa shape index (κ1) is 8.37. The van der Waals surface area contributed by atoms with Gasteiger partial charge in [-0.05, 0) is 37.0 Å². The summed E-state index contributed by atoms with van der Waals surface area (Å²) in [6.07, 6.45) is 4.93. The summed E-state index contributed by atoms with van der Waals surface area (Å²) in [5.74, 6) is 0.907. The van der Waals surface area contributed by atoms with Crippen molar-refractivity contribution < 1.29 is 0 Å². The fraction of sp³-hybridized carbons (Fsp3) is 0.333. The van der Waals surface area contributed by atoms with E-state index in [-0.39, 0.29) is 0 Å². The van der Waals surface area contributed by atoms with Gasteiger partial charge in [0.1, 0.15) is 0 Å². The van der Waals surface area contributed by atoms with Crippen molar-refractivity contribution in [3.8, 4) is 0 Å². The summed E-state index contributed by atoms with van der Waals surface area (Å²) < 4.78 is 2.32. The molecule has 0 atom stereocenters. The van der Waals surface area contributed by atoms with Crippen LogP contribution >= 0.6 is 11.6 Å². The fourth-order valence-corrected chi connectivity index (χ4v) is 2.16. The average molecular weight is 206 g/mol. The van der Waals surface area contributed by atoms with E-state index in [4.69, 9.17) is 11.6 Å². The fourth-order valence-electron chi connectivity index (χ4n) is 1.92. The number of halogens is 1. The van der Waals surface area contributed by atoms with Crippen LogP contribution in [0.15, 0.2) is 30.5 Å². The molecule has 1 nitrogen and oxygen atoms in total. The lowest BCUT2D eigenvalue weighted by Gasteiger charge is -2.03. The summed E-state index contributed by atoms with van der Waals surface area (Å²) in [4.78, 5) is 0. The van der Waals surface area contributed by atoms with E-state index >= 15 is 0 Å². The lowest BCUT2D eigenvalue weighted by molar-refractivity contribution is 0.647. The number of hydrogen-bond acceptors (Lipinski definition) is 0. The third-order valence-corrected chi connectivity index (χ3v) is 3.24. The average Bonchev–Trinajstić information content (AvgIpc) is 2.88. The van der Waals surface area contributed by atoms with E-state index in [9.17, 15) is 0 Å². The second kappa shape index (κ2) is 3.03. The van der Waals surface area contributed by atoms with Gasteiger partial charge in [-0.3, -0.25) is 0 Å². The van der Waals surface area contributed by atoms with E-state index in [0.717, 1.165) is 17.5 Å². The third kappa shape index (κ3) is 1.32. The van der Waals surface area contributed by atoms with Crippen LogP contribution in [-0.4, -0.2) is 4.57 Å². The summed E-state index contributed by atoms with van der Waals surface area (Å²) in [6, 6.07) is 8.23. The zero-order valence-electron chi connectivity index (χ0n) is 7.91. The highest BCUT2D eigenvalue weighted by atomic mass is 35.5. The Labute approximate surface area is 88.3 Å². The Kier molecular flexibility index (Phi) is 1.81. The molecule has 0 radical (unpaired) electrons. The second-order valence-electron chi connectivity index (χ2n) is 4.08. The van der Waals surface area contributed by atoms with Crippen LogP contribution in [0.4, 0.5) is 0 Å². The van der Waals surface area contributed by atoms with Crippen molar-refractivity contribution in [1.82, 2.24) is 4.57 Å². The molecular formula is C12H12ClN. The van der Waals surface area contributed by atoms with Gasteiger partial charge in [-0.15, -0.1) is 0 Å². The van der Waals surface area contributed by atoms with Crippen molar-refractivity contribution >= 4 is 22.5 Å². The minimum Gasteiger partial charge on any atom is -0.347 e. The smallest absolute Gasteiger partial charge is 0.0499 e. The van der Waals surface area contributed by atoms with Crippen molar-refractivity contribution in [1.29, 1.82) is 0 Å². The molecule has 1 aromatic heterocycles. The van der Waals surface area contributed by atoms with Crippen molar-refractivity contribution in [3.05, 3.63) is 35.5 Å². The Morgan fingerprint density at radius 2 is 2.14 bits per heavy atom. The Bertz CT molecular complexity index is 468. The summed E-state index contributed by atoms with van der Waals surface area (Å²) in [7, 11) is 0. The largest absolute Gasteiger partial charge is 0.347 e. The van der Waals surface area contributed by atoms with Crippen LogP contribution in [0.1, 0.15) is 12.8 Å². The summed E-state index contributed by atoms with van der Waals surface area (Å²) in [5.41, 5.74) is 1.27. The molecule has 1 fully saturated rings. The number of rotatable bonds is 2. The molecular weight excluding hydrogens is 194 g/mol. The predicted molar refractivity (Wildman–Crippen MR) is 59.7 cm³/mol. The van der Waals surface area contributed by atoms with Gasteiger partial charge in [0.25, 0.3) is 0 Å². The molecule has 1 aliphatic rings. The van der Waals surface area contributed by atoms with Gasteiger partial charge in [0, 0.05) is 28.7 Å². The van der Waals surface area contributed by atoms with Crippen molar-refractivity contribution in [2.75, 3.05) is 0 Å². The van der Waals surface area contributed by atoms with Crippen LogP contribution in [0.2, 0.25) is 5.02 Å². The normalized spacial score (nSPS) is 16.4. The van der Waals surface area contributed by atoms with Gasteiger partial charge < -0.3 is 4.57 Å². The lowest BCUT2D eigenvalue weighted by atomic mass is 10.2. The number of fused-ring (bicyclic) bond motifs is 1. The highest BCUT2D eigenvalue weighted by molar-refractivity contribution is 6.35. The van der Waals surface area contributed by atoms with Crippen LogP contribution in [0.25, 0.3) is 10.9 Å². The van der Waals surface area contributed by atoms with E-state index in [0.29, 0.717) is 0 Å². The molecule has 0 aliphatic heterocycles. The van der Waals surface area contributed by atoms with Crippen molar-refractivity contribution in [2.24, 2.45) is 5.92 Å². The Hall–Kier alpha value is -0.950. The third-order valence-electron chi connectivity index (χ3n) is 2.91. The van der Waals surface area contributed by atoms with Crippen LogP contribution in [-0.2, 0) is 6.54 Å². The molecule has 0 unspecified atom stereocenters. The Morgan fingerprint density at radius 1 is 1.29 bits per heavy atom. The molecule has 0 amide bonds. The van der Waals surface area contributed by atoms with Crippen LogP contribution in [0, 0.1) is 5.92 Å². The van der Waals surface area contributed by atoms with E-state index in [2.05, 4.69) is 22.9 Å². The molecule has 0 N–H and O–H groups in total. The van der Waals surface area contributed by atoms with E-state index in [1.165, 1.54) is 23.7 Å². The summed E-state index contributed by atoms with van der Waals surface area (Å²) in [5, 5.41) is 2.03. The molecule has 2 heteroatoms. The monoisotopic (exact) mass is 205 g/mol. The molecule has 0 spiro atoms. The van der Waals surface area contributed by atoms with E-state index < -0.39 is 0 Å². The maximum Gasteiger partial charge on any atom is 0.0499 e. The minimum atomic E-state index is 0.858. The second-order valence-corrected chi connectivity index (χ2v) is 4.49. The quantitative estimate of drug-likeness (QED) is 0.705. The summed E-state index contributed by atoms with van der Waals surface area (Å²) in [6.45, 7) is 1.16. The lowest BCUT2D eigenvalue weighted by Crippen LogP contribution is -1.96. The highest BCUT2D eigenvalue weighted by Crippen LogP contribution is 2.33. The number of hydrogen-bond donors (Lipinski definition) is 0. The molecule has 72 valence electrons. The van der Waals surface area contributed by atoms with Gasteiger partial charge in [0.05, 0.1) is 0 Å². The summed E-state index contributed by atoms with van der Waals surface area (Å²) >= 11 is 6.11. The molecule has 3 rings (SSSR count). The van der Waals surface area contributed by atoms with E-state index in [1.807, 2.05) is 12.1 Å². The van der Waals surface area contributed by atoms with Crippen LogP contribution < -0.4 is 0 Å². The van der Waals surface area contributed by atoms with Gasteiger partial charge in [-0.1, -0.05) is 17.7 Å². The van der Waals surface area contributed by atoms with Crippen LogP contribution in [0.3, 0.4) is 0 Å².